The van der Waals surface area contributed by atoms with Crippen LogP contribution in [0.25, 0.3) is 0 Å². The third-order valence-corrected chi connectivity index (χ3v) is 4.47. The zero-order valence-corrected chi connectivity index (χ0v) is 13.4. The highest BCUT2D eigenvalue weighted by Crippen LogP contribution is 2.30. The average Bonchev–Trinajstić information content (AvgIpc) is 2.50. The van der Waals surface area contributed by atoms with Crippen LogP contribution in [0.4, 0.5) is 11.4 Å². The molecule has 0 aromatic heterocycles. The first-order chi connectivity index (χ1) is 10.5. The van der Waals surface area contributed by atoms with Gasteiger partial charge in [0.05, 0.1) is 26.4 Å². The summed E-state index contributed by atoms with van der Waals surface area (Å²) in [5, 5.41) is 13.9. The highest BCUT2D eigenvalue weighted by atomic mass is 35.5. The van der Waals surface area contributed by atoms with Crippen molar-refractivity contribution in [3.05, 3.63) is 62.6 Å². The van der Waals surface area contributed by atoms with E-state index in [2.05, 4.69) is 5.32 Å². The van der Waals surface area contributed by atoms with Crippen molar-refractivity contribution in [2.24, 2.45) is 0 Å². The molecule has 0 saturated carbocycles. The minimum absolute atomic E-state index is 0.0134. The van der Waals surface area contributed by atoms with Gasteiger partial charge < -0.3 is 5.32 Å². The number of carbonyl (C=O) groups is 1. The molecule has 0 atom stereocenters. The molecular formula is C14H10Cl2N2O3S. The van der Waals surface area contributed by atoms with Crippen LogP contribution in [0.5, 0.6) is 0 Å². The topological polar surface area (TPSA) is 72.2 Å². The molecule has 0 unspecified atom stereocenters. The summed E-state index contributed by atoms with van der Waals surface area (Å²) in [5.74, 6) is -0.0896. The highest BCUT2D eigenvalue weighted by Gasteiger charge is 2.09. The summed E-state index contributed by atoms with van der Waals surface area (Å²) in [5.41, 5.74) is 0.461. The number of nitrogens with one attached hydrogen (secondary N) is 1. The molecule has 0 bridgehead atoms. The van der Waals surface area contributed by atoms with Crippen molar-refractivity contribution in [2.45, 2.75) is 4.90 Å². The second kappa shape index (κ2) is 7.49. The fourth-order valence-electron chi connectivity index (χ4n) is 1.60. The molecule has 0 radical (unpaired) electrons. The van der Waals surface area contributed by atoms with Gasteiger partial charge in [-0.25, -0.2) is 0 Å². The van der Waals surface area contributed by atoms with Crippen molar-refractivity contribution in [1.29, 1.82) is 0 Å². The molecule has 114 valence electrons. The molecule has 1 amide bonds. The molecule has 0 saturated heterocycles. The van der Waals surface area contributed by atoms with Gasteiger partial charge in [0.15, 0.2) is 0 Å². The van der Waals surface area contributed by atoms with Crippen LogP contribution < -0.4 is 5.32 Å². The fourth-order valence-corrected chi connectivity index (χ4v) is 2.65. The Morgan fingerprint density at radius 1 is 1.18 bits per heavy atom. The van der Waals surface area contributed by atoms with Crippen LogP contribution in [-0.2, 0) is 4.79 Å². The van der Waals surface area contributed by atoms with E-state index in [0.29, 0.717) is 10.7 Å². The molecule has 22 heavy (non-hydrogen) atoms. The van der Waals surface area contributed by atoms with Crippen molar-refractivity contribution >= 4 is 52.2 Å². The number of nitrogens with zero attached hydrogens (tertiary/aromatic N) is 1. The third kappa shape index (κ3) is 4.37. The molecule has 0 heterocycles. The first-order valence-corrected chi connectivity index (χ1v) is 7.82. The van der Waals surface area contributed by atoms with Gasteiger partial charge in [-0.2, -0.15) is 0 Å². The lowest BCUT2D eigenvalue weighted by molar-refractivity contribution is -0.384. The number of carbonyl (C=O) groups excluding carboxylic acids is 1. The quantitative estimate of drug-likeness (QED) is 0.481. The van der Waals surface area contributed by atoms with Crippen molar-refractivity contribution in [3.63, 3.8) is 0 Å². The number of rotatable bonds is 5. The molecular weight excluding hydrogens is 347 g/mol. The lowest BCUT2D eigenvalue weighted by atomic mass is 10.3. The van der Waals surface area contributed by atoms with Crippen molar-refractivity contribution in [1.82, 2.24) is 0 Å². The number of non-ortho nitro benzene ring substituents is 1. The number of amides is 1. The van der Waals surface area contributed by atoms with Crippen LogP contribution in [0, 0.1) is 10.1 Å². The molecule has 1 N–H and O–H groups in total. The normalized spacial score (nSPS) is 10.3. The van der Waals surface area contributed by atoms with E-state index in [1.165, 1.54) is 23.9 Å². The van der Waals surface area contributed by atoms with Crippen LogP contribution >= 0.6 is 35.0 Å². The number of anilines is 1. The van der Waals surface area contributed by atoms with Crippen LogP contribution in [0.2, 0.25) is 10.0 Å². The number of nitro groups is 1. The largest absolute Gasteiger partial charge is 0.324 e. The summed E-state index contributed by atoms with van der Waals surface area (Å²) < 4.78 is 0. The fraction of sp³-hybridized carbons (Fsp3) is 0.0714. The Morgan fingerprint density at radius 3 is 2.50 bits per heavy atom. The number of benzene rings is 2. The van der Waals surface area contributed by atoms with E-state index in [9.17, 15) is 14.9 Å². The predicted molar refractivity (Wildman–Crippen MR) is 88.9 cm³/mol. The van der Waals surface area contributed by atoms with E-state index in [1.807, 2.05) is 0 Å². The zero-order chi connectivity index (χ0) is 16.1. The Balaban J connectivity index is 1.92. The maximum absolute atomic E-state index is 11.9. The van der Waals surface area contributed by atoms with Crippen LogP contribution in [-0.4, -0.2) is 16.6 Å². The van der Waals surface area contributed by atoms with Crippen LogP contribution in [0.3, 0.4) is 0 Å². The maximum atomic E-state index is 11.9. The van der Waals surface area contributed by atoms with E-state index in [1.54, 1.807) is 30.3 Å². The number of hydrogen-bond donors (Lipinski definition) is 1. The number of halogens is 2. The van der Waals surface area contributed by atoms with Gasteiger partial charge in [0.2, 0.25) is 5.91 Å². The Bertz CT molecular complexity index is 708. The summed E-state index contributed by atoms with van der Waals surface area (Å²) in [6, 6.07) is 11.0. The Hall–Kier alpha value is -1.76. The third-order valence-electron chi connectivity index (χ3n) is 2.64. The van der Waals surface area contributed by atoms with Gasteiger partial charge in [-0.1, -0.05) is 29.3 Å². The van der Waals surface area contributed by atoms with Gasteiger partial charge in [0, 0.05) is 17.0 Å². The Morgan fingerprint density at radius 2 is 1.86 bits per heavy atom. The van der Waals surface area contributed by atoms with Gasteiger partial charge in [-0.15, -0.1) is 11.8 Å². The first kappa shape index (κ1) is 16.6. The molecule has 0 aliphatic heterocycles. The predicted octanol–water partition coefficient (Wildman–Crippen LogP) is 4.63. The summed E-state index contributed by atoms with van der Waals surface area (Å²) in [7, 11) is 0. The zero-order valence-electron chi connectivity index (χ0n) is 11.1. The summed E-state index contributed by atoms with van der Waals surface area (Å²) in [4.78, 5) is 22.7. The van der Waals surface area contributed by atoms with E-state index in [0.717, 1.165) is 4.90 Å². The molecule has 0 aliphatic carbocycles. The van der Waals surface area contributed by atoms with Crippen molar-refractivity contribution in [2.75, 3.05) is 11.1 Å². The highest BCUT2D eigenvalue weighted by molar-refractivity contribution is 8.00. The van der Waals surface area contributed by atoms with Crippen molar-refractivity contribution < 1.29 is 9.72 Å². The lowest BCUT2D eigenvalue weighted by Crippen LogP contribution is -2.14. The molecule has 5 nitrogen and oxygen atoms in total. The minimum Gasteiger partial charge on any atom is -0.324 e. The van der Waals surface area contributed by atoms with Gasteiger partial charge in [-0.3, -0.25) is 14.9 Å². The second-order valence-electron chi connectivity index (χ2n) is 4.19. The van der Waals surface area contributed by atoms with Gasteiger partial charge in [0.25, 0.3) is 5.69 Å². The molecule has 8 heteroatoms. The molecule has 0 aliphatic rings. The van der Waals surface area contributed by atoms with E-state index >= 15 is 0 Å². The van der Waals surface area contributed by atoms with Gasteiger partial charge in [0.1, 0.15) is 0 Å². The first-order valence-electron chi connectivity index (χ1n) is 6.08. The average molecular weight is 357 g/mol. The van der Waals surface area contributed by atoms with E-state index < -0.39 is 4.92 Å². The molecule has 0 fully saturated rings. The Kier molecular flexibility index (Phi) is 5.65. The molecule has 2 aromatic rings. The SMILES string of the molecule is O=C(CSc1ccc([N+](=O)[O-])cc1)Nc1cccc(Cl)c1Cl. The lowest BCUT2D eigenvalue weighted by Gasteiger charge is -2.08. The maximum Gasteiger partial charge on any atom is 0.269 e. The Labute approximate surface area is 140 Å². The number of nitro benzene ring substituents is 1. The monoisotopic (exact) mass is 356 g/mol. The second-order valence-corrected chi connectivity index (χ2v) is 6.02. The standard InChI is InChI=1S/C14H10Cl2N2O3S/c15-11-2-1-3-12(14(11)16)17-13(19)8-22-10-6-4-9(5-7-10)18(20)21/h1-7H,8H2,(H,17,19). The molecule has 2 aromatic carbocycles. The van der Waals surface area contributed by atoms with Gasteiger partial charge >= 0.3 is 0 Å². The van der Waals surface area contributed by atoms with E-state index in [-0.39, 0.29) is 22.4 Å². The minimum atomic E-state index is -0.470. The van der Waals surface area contributed by atoms with E-state index in [4.69, 9.17) is 23.2 Å². The van der Waals surface area contributed by atoms with Crippen molar-refractivity contribution in [3.8, 4) is 0 Å². The number of hydrogen-bond acceptors (Lipinski definition) is 4. The summed E-state index contributed by atoms with van der Waals surface area (Å²) >= 11 is 13.1. The van der Waals surface area contributed by atoms with Gasteiger partial charge in [-0.05, 0) is 24.3 Å². The number of thioether (sulfide) groups is 1. The molecule has 2 rings (SSSR count). The van der Waals surface area contributed by atoms with Crippen LogP contribution in [0.1, 0.15) is 0 Å². The summed E-state index contributed by atoms with van der Waals surface area (Å²) in [6.45, 7) is 0. The van der Waals surface area contributed by atoms with Crippen LogP contribution in [0.15, 0.2) is 47.4 Å². The summed E-state index contributed by atoms with van der Waals surface area (Å²) in [6.07, 6.45) is 0. The molecule has 0 spiro atoms. The smallest absolute Gasteiger partial charge is 0.269 e.